The zero-order valence-corrected chi connectivity index (χ0v) is 11.5. The van der Waals surface area contributed by atoms with Crippen LogP contribution in [0.1, 0.15) is 21.5 Å². The van der Waals surface area contributed by atoms with Crippen LogP contribution in [-0.2, 0) is 0 Å². The lowest BCUT2D eigenvalue weighted by molar-refractivity contribution is 0.102. The van der Waals surface area contributed by atoms with Crippen molar-refractivity contribution in [3.05, 3.63) is 59.2 Å². The van der Waals surface area contributed by atoms with Crippen LogP contribution in [0.15, 0.2) is 36.7 Å². The molecule has 3 N–H and O–H groups in total. The topological polar surface area (TPSA) is 68.0 Å². The number of nitrogens with one attached hydrogen (secondary N) is 1. The Balaban J connectivity index is 2.19. The van der Waals surface area contributed by atoms with Crippen molar-refractivity contribution in [3.63, 3.8) is 0 Å². The molecule has 0 aliphatic rings. The molecule has 2 aromatic rings. The molecule has 5 heteroatoms. The highest BCUT2D eigenvalue weighted by atomic mass is 19.1. The maximum Gasteiger partial charge on any atom is 0.258 e. The fourth-order valence-corrected chi connectivity index (χ4v) is 1.79. The molecule has 0 atom stereocenters. The van der Waals surface area contributed by atoms with Crippen molar-refractivity contribution in [2.45, 2.75) is 6.92 Å². The zero-order chi connectivity index (χ0) is 15.2. The van der Waals surface area contributed by atoms with E-state index in [1.807, 2.05) is 6.92 Å². The Hall–Kier alpha value is -2.71. The van der Waals surface area contributed by atoms with Gasteiger partial charge in [0, 0.05) is 17.4 Å². The Morgan fingerprint density at radius 3 is 2.90 bits per heavy atom. The highest BCUT2D eigenvalue weighted by molar-refractivity contribution is 6.04. The first-order valence-electron chi connectivity index (χ1n) is 6.32. The molecule has 1 heterocycles. The van der Waals surface area contributed by atoms with Gasteiger partial charge in [0.05, 0.1) is 18.3 Å². The van der Waals surface area contributed by atoms with Crippen molar-refractivity contribution in [2.75, 3.05) is 11.9 Å². The molecule has 1 amide bonds. The van der Waals surface area contributed by atoms with Crippen molar-refractivity contribution in [1.29, 1.82) is 0 Å². The van der Waals surface area contributed by atoms with Crippen molar-refractivity contribution in [2.24, 2.45) is 5.73 Å². The van der Waals surface area contributed by atoms with E-state index >= 15 is 0 Å². The van der Waals surface area contributed by atoms with E-state index in [9.17, 15) is 9.18 Å². The SMILES string of the molecule is Cc1cc(NC(=O)c2ccncc2F)ccc1C#CCN. The number of pyridine rings is 1. The van der Waals surface area contributed by atoms with Gasteiger partial charge in [-0.15, -0.1) is 0 Å². The minimum Gasteiger partial charge on any atom is -0.322 e. The molecule has 1 aromatic carbocycles. The number of anilines is 1. The van der Waals surface area contributed by atoms with E-state index in [0.717, 1.165) is 17.3 Å². The van der Waals surface area contributed by atoms with Crippen molar-refractivity contribution in [1.82, 2.24) is 4.98 Å². The fourth-order valence-electron chi connectivity index (χ4n) is 1.79. The number of aromatic nitrogens is 1. The van der Waals surface area contributed by atoms with Crippen LogP contribution in [0, 0.1) is 24.6 Å². The summed E-state index contributed by atoms with van der Waals surface area (Å²) in [6.45, 7) is 2.17. The molecule has 0 unspecified atom stereocenters. The minimum atomic E-state index is -0.655. The van der Waals surface area contributed by atoms with Gasteiger partial charge in [0.25, 0.3) is 5.91 Å². The first kappa shape index (κ1) is 14.7. The number of carbonyl (C=O) groups excluding carboxylic acids is 1. The molecule has 2 rings (SSSR count). The molecule has 4 nitrogen and oxygen atoms in total. The third-order valence-corrected chi connectivity index (χ3v) is 2.83. The van der Waals surface area contributed by atoms with Gasteiger partial charge in [-0.25, -0.2) is 4.39 Å². The predicted molar refractivity (Wildman–Crippen MR) is 79.3 cm³/mol. The maximum atomic E-state index is 13.5. The second kappa shape index (κ2) is 6.64. The van der Waals surface area contributed by atoms with Crippen LogP contribution < -0.4 is 11.1 Å². The molecule has 0 bridgehead atoms. The average Bonchev–Trinajstić information content (AvgIpc) is 2.47. The van der Waals surface area contributed by atoms with Crippen LogP contribution >= 0.6 is 0 Å². The van der Waals surface area contributed by atoms with Crippen LogP contribution in [0.4, 0.5) is 10.1 Å². The number of hydrogen-bond acceptors (Lipinski definition) is 3. The number of aryl methyl sites for hydroxylation is 1. The van der Waals surface area contributed by atoms with Gasteiger partial charge in [0.15, 0.2) is 5.82 Å². The Morgan fingerprint density at radius 2 is 2.24 bits per heavy atom. The number of benzene rings is 1. The molecule has 0 aliphatic carbocycles. The maximum absolute atomic E-state index is 13.5. The van der Waals surface area contributed by atoms with Crippen LogP contribution in [0.2, 0.25) is 0 Å². The summed E-state index contributed by atoms with van der Waals surface area (Å²) in [4.78, 5) is 15.6. The van der Waals surface area contributed by atoms with E-state index in [4.69, 9.17) is 5.73 Å². The van der Waals surface area contributed by atoms with Gasteiger partial charge in [0.1, 0.15) is 0 Å². The monoisotopic (exact) mass is 283 g/mol. The molecule has 0 saturated heterocycles. The smallest absolute Gasteiger partial charge is 0.258 e. The summed E-state index contributed by atoms with van der Waals surface area (Å²) in [5, 5.41) is 2.64. The van der Waals surface area contributed by atoms with E-state index in [2.05, 4.69) is 22.1 Å². The molecule has 0 fully saturated rings. The van der Waals surface area contributed by atoms with Gasteiger partial charge in [-0.3, -0.25) is 9.78 Å². The van der Waals surface area contributed by atoms with Gasteiger partial charge in [-0.1, -0.05) is 11.8 Å². The summed E-state index contributed by atoms with van der Waals surface area (Å²) in [6.07, 6.45) is 2.38. The van der Waals surface area contributed by atoms with Gasteiger partial charge in [-0.05, 0) is 36.8 Å². The molecular weight excluding hydrogens is 269 g/mol. The molecule has 0 radical (unpaired) electrons. The number of carbonyl (C=O) groups is 1. The Kier molecular flexibility index (Phi) is 4.64. The Bertz CT molecular complexity index is 732. The molecule has 0 spiro atoms. The number of rotatable bonds is 2. The van der Waals surface area contributed by atoms with Crippen LogP contribution in [0.3, 0.4) is 0 Å². The van der Waals surface area contributed by atoms with E-state index in [1.165, 1.54) is 12.3 Å². The van der Waals surface area contributed by atoms with Crippen molar-refractivity contribution < 1.29 is 9.18 Å². The third kappa shape index (κ3) is 3.65. The Morgan fingerprint density at radius 1 is 1.43 bits per heavy atom. The average molecular weight is 283 g/mol. The summed E-state index contributed by atoms with van der Waals surface area (Å²) in [7, 11) is 0. The summed E-state index contributed by atoms with van der Waals surface area (Å²) in [6, 6.07) is 6.61. The predicted octanol–water partition coefficient (Wildman–Crippen LogP) is 2.09. The molecular formula is C16H14FN3O. The van der Waals surface area contributed by atoms with Crippen molar-refractivity contribution in [3.8, 4) is 11.8 Å². The fraction of sp³-hybridized carbons (Fsp3) is 0.125. The van der Waals surface area contributed by atoms with Crippen molar-refractivity contribution >= 4 is 11.6 Å². The highest BCUT2D eigenvalue weighted by Crippen LogP contribution is 2.16. The standard InChI is InChI=1S/C16H14FN3O/c1-11-9-13(5-4-12(11)3-2-7-18)20-16(21)14-6-8-19-10-15(14)17/h4-6,8-10H,7,18H2,1H3,(H,20,21). The number of amides is 1. The third-order valence-electron chi connectivity index (χ3n) is 2.83. The second-order valence-corrected chi connectivity index (χ2v) is 4.35. The summed E-state index contributed by atoms with van der Waals surface area (Å²) < 4.78 is 13.5. The summed E-state index contributed by atoms with van der Waals surface area (Å²) in [5.41, 5.74) is 7.61. The highest BCUT2D eigenvalue weighted by Gasteiger charge is 2.11. The lowest BCUT2D eigenvalue weighted by atomic mass is 10.1. The first-order chi connectivity index (χ1) is 10.1. The van der Waals surface area contributed by atoms with Gasteiger partial charge in [-0.2, -0.15) is 0 Å². The van der Waals surface area contributed by atoms with E-state index in [0.29, 0.717) is 12.2 Å². The van der Waals surface area contributed by atoms with E-state index < -0.39 is 11.7 Å². The van der Waals surface area contributed by atoms with E-state index in [-0.39, 0.29) is 5.56 Å². The van der Waals surface area contributed by atoms with Crippen LogP contribution in [0.25, 0.3) is 0 Å². The van der Waals surface area contributed by atoms with E-state index in [1.54, 1.807) is 18.2 Å². The summed E-state index contributed by atoms with van der Waals surface area (Å²) >= 11 is 0. The first-order valence-corrected chi connectivity index (χ1v) is 6.32. The van der Waals surface area contributed by atoms with Crippen LogP contribution in [-0.4, -0.2) is 17.4 Å². The van der Waals surface area contributed by atoms with Gasteiger partial charge >= 0.3 is 0 Å². The minimum absolute atomic E-state index is 0.0466. The molecule has 0 aliphatic heterocycles. The molecule has 21 heavy (non-hydrogen) atoms. The Labute approximate surface area is 122 Å². The number of nitrogens with zero attached hydrogens (tertiary/aromatic N) is 1. The second-order valence-electron chi connectivity index (χ2n) is 4.35. The lowest BCUT2D eigenvalue weighted by Gasteiger charge is -2.07. The van der Waals surface area contributed by atoms with Crippen LogP contribution in [0.5, 0.6) is 0 Å². The number of halogens is 1. The number of nitrogens with two attached hydrogens (primary N) is 1. The quantitative estimate of drug-likeness (QED) is 0.829. The molecule has 106 valence electrons. The number of hydrogen-bond donors (Lipinski definition) is 2. The largest absolute Gasteiger partial charge is 0.322 e. The van der Waals surface area contributed by atoms with Gasteiger partial charge in [0.2, 0.25) is 0 Å². The molecule has 1 aromatic heterocycles. The summed E-state index contributed by atoms with van der Waals surface area (Å²) in [5.74, 6) is 4.54. The zero-order valence-electron chi connectivity index (χ0n) is 11.5. The lowest BCUT2D eigenvalue weighted by Crippen LogP contribution is -2.14. The van der Waals surface area contributed by atoms with Gasteiger partial charge < -0.3 is 11.1 Å². The normalized spacial score (nSPS) is 9.67. The molecule has 0 saturated carbocycles.